The molecule has 190 valence electrons. The van der Waals surface area contributed by atoms with Crippen molar-refractivity contribution in [1.82, 2.24) is 0 Å². The number of hydrogen-bond donors (Lipinski definition) is 0. The average molecular weight is 475 g/mol. The summed E-state index contributed by atoms with van der Waals surface area (Å²) in [6.07, 6.45) is 0.861. The minimum atomic E-state index is 0.287. The minimum absolute atomic E-state index is 0.287. The summed E-state index contributed by atoms with van der Waals surface area (Å²) >= 11 is 0. The lowest BCUT2D eigenvalue weighted by Crippen LogP contribution is -2.13. The van der Waals surface area contributed by atoms with Gasteiger partial charge in [-0.05, 0) is 60.1 Å². The van der Waals surface area contributed by atoms with E-state index in [4.69, 9.17) is 28.4 Å². The SMILES string of the molecule is CCOCCOCCOCCOc1ccc(C(C)C)cc1CC(C)c1ccc(OC)c(OC)c1. The van der Waals surface area contributed by atoms with Gasteiger partial charge in [-0.3, -0.25) is 0 Å². The van der Waals surface area contributed by atoms with Crippen LogP contribution in [0.5, 0.6) is 17.2 Å². The molecule has 0 amide bonds. The Kier molecular flexibility index (Phi) is 12.8. The van der Waals surface area contributed by atoms with Gasteiger partial charge in [0.25, 0.3) is 0 Å². The van der Waals surface area contributed by atoms with Gasteiger partial charge in [-0.1, -0.05) is 39.0 Å². The van der Waals surface area contributed by atoms with Crippen molar-refractivity contribution in [2.24, 2.45) is 0 Å². The zero-order chi connectivity index (χ0) is 24.8. The van der Waals surface area contributed by atoms with E-state index >= 15 is 0 Å². The molecule has 0 N–H and O–H groups in total. The molecule has 6 heteroatoms. The molecule has 0 aromatic heterocycles. The molecule has 0 spiro atoms. The van der Waals surface area contributed by atoms with Crippen LogP contribution < -0.4 is 14.2 Å². The van der Waals surface area contributed by atoms with Gasteiger partial charge in [0.2, 0.25) is 0 Å². The molecule has 34 heavy (non-hydrogen) atoms. The maximum absolute atomic E-state index is 6.12. The summed E-state index contributed by atoms with van der Waals surface area (Å²) in [5, 5.41) is 0. The predicted molar refractivity (Wildman–Crippen MR) is 136 cm³/mol. The van der Waals surface area contributed by atoms with Crippen molar-refractivity contribution < 1.29 is 28.4 Å². The molecule has 0 aliphatic carbocycles. The van der Waals surface area contributed by atoms with E-state index in [9.17, 15) is 0 Å². The molecule has 0 radical (unpaired) electrons. The Balaban J connectivity index is 1.94. The highest BCUT2D eigenvalue weighted by Crippen LogP contribution is 2.34. The zero-order valence-corrected chi connectivity index (χ0v) is 21.7. The molecular weight excluding hydrogens is 432 g/mol. The maximum atomic E-state index is 6.12. The molecule has 1 unspecified atom stereocenters. The van der Waals surface area contributed by atoms with E-state index in [0.717, 1.165) is 23.7 Å². The van der Waals surface area contributed by atoms with Crippen molar-refractivity contribution in [2.45, 2.75) is 46.0 Å². The van der Waals surface area contributed by atoms with Gasteiger partial charge >= 0.3 is 0 Å². The topological polar surface area (TPSA) is 55.4 Å². The van der Waals surface area contributed by atoms with E-state index in [1.54, 1.807) is 14.2 Å². The van der Waals surface area contributed by atoms with Crippen LogP contribution >= 0.6 is 0 Å². The second-order valence-electron chi connectivity index (χ2n) is 8.51. The van der Waals surface area contributed by atoms with E-state index in [1.807, 2.05) is 13.0 Å². The molecule has 0 saturated carbocycles. The lowest BCUT2D eigenvalue weighted by molar-refractivity contribution is 0.0113. The molecule has 2 aromatic carbocycles. The van der Waals surface area contributed by atoms with Crippen LogP contribution in [-0.2, 0) is 20.6 Å². The molecule has 0 saturated heterocycles. The predicted octanol–water partition coefficient (Wildman–Crippen LogP) is 5.62. The van der Waals surface area contributed by atoms with Crippen LogP contribution in [0.15, 0.2) is 36.4 Å². The highest BCUT2D eigenvalue weighted by atomic mass is 16.6. The fourth-order valence-corrected chi connectivity index (χ4v) is 3.66. The molecule has 1 atom stereocenters. The van der Waals surface area contributed by atoms with Gasteiger partial charge in [-0.25, -0.2) is 0 Å². The van der Waals surface area contributed by atoms with Crippen LogP contribution in [0.2, 0.25) is 0 Å². The molecule has 6 nitrogen and oxygen atoms in total. The quantitative estimate of drug-likeness (QED) is 0.277. The average Bonchev–Trinajstić information content (AvgIpc) is 2.85. The first kappa shape index (κ1) is 28.0. The largest absolute Gasteiger partial charge is 0.493 e. The Hall–Kier alpha value is -2.28. The zero-order valence-electron chi connectivity index (χ0n) is 21.7. The first-order valence-electron chi connectivity index (χ1n) is 12.2. The monoisotopic (exact) mass is 474 g/mol. The van der Waals surface area contributed by atoms with E-state index in [-0.39, 0.29) is 5.92 Å². The van der Waals surface area contributed by atoms with E-state index in [2.05, 4.69) is 51.1 Å². The second-order valence-corrected chi connectivity index (χ2v) is 8.51. The lowest BCUT2D eigenvalue weighted by Gasteiger charge is -2.19. The lowest BCUT2D eigenvalue weighted by atomic mass is 9.91. The molecular formula is C28H42O6. The van der Waals surface area contributed by atoms with Crippen molar-refractivity contribution in [2.75, 3.05) is 60.5 Å². The third-order valence-electron chi connectivity index (χ3n) is 5.69. The highest BCUT2D eigenvalue weighted by Gasteiger charge is 2.15. The van der Waals surface area contributed by atoms with E-state index < -0.39 is 0 Å². The summed E-state index contributed by atoms with van der Waals surface area (Å²) in [5.74, 6) is 3.14. The Bertz CT molecular complexity index is 836. The van der Waals surface area contributed by atoms with Gasteiger partial charge in [0.1, 0.15) is 12.4 Å². The number of benzene rings is 2. The van der Waals surface area contributed by atoms with Gasteiger partial charge in [0, 0.05) is 6.61 Å². The third-order valence-corrected chi connectivity index (χ3v) is 5.69. The Morgan fingerprint density at radius 3 is 1.85 bits per heavy atom. The first-order chi connectivity index (χ1) is 16.5. The Morgan fingerprint density at radius 2 is 1.24 bits per heavy atom. The van der Waals surface area contributed by atoms with Crippen LogP contribution in [0.4, 0.5) is 0 Å². The number of hydrogen-bond acceptors (Lipinski definition) is 6. The number of rotatable bonds is 17. The van der Waals surface area contributed by atoms with Crippen molar-refractivity contribution in [3.8, 4) is 17.2 Å². The summed E-state index contributed by atoms with van der Waals surface area (Å²) in [4.78, 5) is 0. The molecule has 2 rings (SSSR count). The smallest absolute Gasteiger partial charge is 0.160 e. The second kappa shape index (κ2) is 15.6. The number of methoxy groups -OCH3 is 2. The van der Waals surface area contributed by atoms with Gasteiger partial charge in [-0.2, -0.15) is 0 Å². The van der Waals surface area contributed by atoms with Crippen molar-refractivity contribution in [3.63, 3.8) is 0 Å². The summed E-state index contributed by atoms with van der Waals surface area (Å²) in [7, 11) is 3.32. The van der Waals surface area contributed by atoms with E-state index in [1.165, 1.54) is 16.7 Å². The summed E-state index contributed by atoms with van der Waals surface area (Å²) in [6, 6.07) is 12.6. The molecule has 0 bridgehead atoms. The van der Waals surface area contributed by atoms with Gasteiger partial charge < -0.3 is 28.4 Å². The molecule has 0 fully saturated rings. The maximum Gasteiger partial charge on any atom is 0.160 e. The Morgan fingerprint density at radius 1 is 0.647 bits per heavy atom. The van der Waals surface area contributed by atoms with Crippen LogP contribution in [0.1, 0.15) is 56.2 Å². The Labute approximate surface area is 205 Å². The normalized spacial score (nSPS) is 12.1. The van der Waals surface area contributed by atoms with Gasteiger partial charge in [-0.15, -0.1) is 0 Å². The molecule has 0 heterocycles. The van der Waals surface area contributed by atoms with Crippen LogP contribution in [0, 0.1) is 0 Å². The third kappa shape index (κ3) is 9.16. The van der Waals surface area contributed by atoms with Gasteiger partial charge in [0.15, 0.2) is 11.5 Å². The summed E-state index contributed by atoms with van der Waals surface area (Å²) in [6.45, 7) is 12.7. The van der Waals surface area contributed by atoms with E-state index in [0.29, 0.717) is 52.2 Å². The number of ether oxygens (including phenoxy) is 6. The van der Waals surface area contributed by atoms with Crippen LogP contribution in [0.3, 0.4) is 0 Å². The molecule has 2 aromatic rings. The fourth-order valence-electron chi connectivity index (χ4n) is 3.66. The van der Waals surface area contributed by atoms with Crippen molar-refractivity contribution >= 4 is 0 Å². The van der Waals surface area contributed by atoms with Gasteiger partial charge in [0.05, 0.1) is 47.3 Å². The minimum Gasteiger partial charge on any atom is -0.493 e. The standard InChI is InChI=1S/C28H42O6/c1-7-31-12-13-32-14-15-33-16-17-34-26-10-8-23(21(2)3)19-25(26)18-22(4)24-9-11-27(29-5)28(20-24)30-6/h8-11,19-22H,7,12-18H2,1-6H3. The fraction of sp³-hybridized carbons (Fsp3) is 0.571. The summed E-state index contributed by atoms with van der Waals surface area (Å²) < 4.78 is 33.3. The summed E-state index contributed by atoms with van der Waals surface area (Å²) in [5.41, 5.74) is 3.71. The highest BCUT2D eigenvalue weighted by molar-refractivity contribution is 5.45. The van der Waals surface area contributed by atoms with Crippen LogP contribution in [-0.4, -0.2) is 60.5 Å². The first-order valence-corrected chi connectivity index (χ1v) is 12.2. The molecule has 0 aliphatic heterocycles. The van der Waals surface area contributed by atoms with Crippen molar-refractivity contribution in [3.05, 3.63) is 53.1 Å². The van der Waals surface area contributed by atoms with Crippen LogP contribution in [0.25, 0.3) is 0 Å². The van der Waals surface area contributed by atoms with Crippen molar-refractivity contribution in [1.29, 1.82) is 0 Å². The molecule has 0 aliphatic rings.